The number of nitrogens with two attached hydrogens (primary N) is 1. The van der Waals surface area contributed by atoms with Gasteiger partial charge >= 0.3 is 0 Å². The zero-order chi connectivity index (χ0) is 13.4. The Balaban J connectivity index is 2.01. The number of nitrogen functional groups attached to an aromatic ring is 1. The Bertz CT molecular complexity index is 734. The molecular weight excluding hydrogens is 283 g/mol. The molecule has 2 nitrogen and oxygen atoms in total. The molecule has 0 unspecified atom stereocenters. The molecule has 0 aliphatic rings. The van der Waals surface area contributed by atoms with Gasteiger partial charge in [0.2, 0.25) is 0 Å². The highest BCUT2D eigenvalue weighted by Gasteiger charge is 2.11. The molecule has 0 atom stereocenters. The second-order valence-electron chi connectivity index (χ2n) is 4.21. The Morgan fingerprint density at radius 2 is 2.11 bits per heavy atom. The Morgan fingerprint density at radius 1 is 1.26 bits per heavy atom. The summed E-state index contributed by atoms with van der Waals surface area (Å²) in [4.78, 5) is 4.47. The molecule has 0 saturated heterocycles. The van der Waals surface area contributed by atoms with Gasteiger partial charge in [-0.2, -0.15) is 0 Å². The van der Waals surface area contributed by atoms with E-state index in [4.69, 9.17) is 17.3 Å². The molecular formula is C14H10ClFN2S. The van der Waals surface area contributed by atoms with Crippen LogP contribution in [0.4, 0.5) is 10.1 Å². The number of halogens is 2. The molecule has 3 rings (SSSR count). The molecule has 0 saturated carbocycles. The largest absolute Gasteiger partial charge is 0.399 e. The smallest absolute Gasteiger partial charge is 0.128 e. The minimum atomic E-state index is -0.300. The van der Waals surface area contributed by atoms with E-state index < -0.39 is 0 Å². The fourth-order valence-electron chi connectivity index (χ4n) is 1.92. The van der Waals surface area contributed by atoms with Crippen LogP contribution in [0.25, 0.3) is 10.2 Å². The molecule has 19 heavy (non-hydrogen) atoms. The van der Waals surface area contributed by atoms with Gasteiger partial charge in [0, 0.05) is 22.7 Å². The number of benzene rings is 2. The normalized spacial score (nSPS) is 11.1. The molecule has 96 valence electrons. The molecule has 5 heteroatoms. The van der Waals surface area contributed by atoms with E-state index in [1.54, 1.807) is 12.1 Å². The first kappa shape index (κ1) is 12.4. The highest BCUT2D eigenvalue weighted by Crippen LogP contribution is 2.28. The Hall–Kier alpha value is -1.65. The molecule has 2 aromatic carbocycles. The zero-order valence-corrected chi connectivity index (χ0v) is 11.4. The van der Waals surface area contributed by atoms with Crippen molar-refractivity contribution in [2.75, 3.05) is 5.73 Å². The summed E-state index contributed by atoms with van der Waals surface area (Å²) in [5, 5.41) is 1.26. The SMILES string of the molecule is Nc1ccc2nc(Cc3c(F)cccc3Cl)sc2c1. The molecule has 0 radical (unpaired) electrons. The molecule has 0 spiro atoms. The molecule has 1 heterocycles. The fourth-order valence-corrected chi connectivity index (χ4v) is 3.17. The number of rotatable bonds is 2. The van der Waals surface area contributed by atoms with E-state index in [0.29, 0.717) is 22.7 Å². The van der Waals surface area contributed by atoms with Crippen molar-refractivity contribution < 1.29 is 4.39 Å². The average molecular weight is 293 g/mol. The van der Waals surface area contributed by atoms with Crippen molar-refractivity contribution in [3.63, 3.8) is 0 Å². The van der Waals surface area contributed by atoms with Gasteiger partial charge in [-0.25, -0.2) is 9.37 Å². The number of anilines is 1. The van der Waals surface area contributed by atoms with Gasteiger partial charge in [-0.05, 0) is 30.3 Å². The Morgan fingerprint density at radius 3 is 2.89 bits per heavy atom. The van der Waals surface area contributed by atoms with Crippen LogP contribution in [0.1, 0.15) is 10.6 Å². The maximum atomic E-state index is 13.7. The first-order valence-electron chi connectivity index (χ1n) is 5.71. The van der Waals surface area contributed by atoms with Crippen molar-refractivity contribution >= 4 is 38.8 Å². The van der Waals surface area contributed by atoms with Gasteiger partial charge in [-0.3, -0.25) is 0 Å². The summed E-state index contributed by atoms with van der Waals surface area (Å²) in [5.74, 6) is -0.300. The predicted octanol–water partition coefficient (Wildman–Crippen LogP) is 4.26. The maximum absolute atomic E-state index is 13.7. The van der Waals surface area contributed by atoms with E-state index in [9.17, 15) is 4.39 Å². The van der Waals surface area contributed by atoms with Crippen molar-refractivity contribution in [2.45, 2.75) is 6.42 Å². The van der Waals surface area contributed by atoms with Crippen LogP contribution in [0.5, 0.6) is 0 Å². The number of aromatic nitrogens is 1. The third-order valence-corrected chi connectivity index (χ3v) is 4.22. The summed E-state index contributed by atoms with van der Waals surface area (Å²) < 4.78 is 14.7. The summed E-state index contributed by atoms with van der Waals surface area (Å²) >= 11 is 7.53. The molecule has 0 bridgehead atoms. The van der Waals surface area contributed by atoms with Gasteiger partial charge in [-0.1, -0.05) is 17.7 Å². The van der Waals surface area contributed by atoms with Gasteiger partial charge in [0.05, 0.1) is 15.2 Å². The van der Waals surface area contributed by atoms with Crippen molar-refractivity contribution in [1.82, 2.24) is 4.98 Å². The van der Waals surface area contributed by atoms with Crippen molar-refractivity contribution in [2.24, 2.45) is 0 Å². The lowest BCUT2D eigenvalue weighted by Gasteiger charge is -2.02. The molecule has 2 N–H and O–H groups in total. The van der Waals surface area contributed by atoms with E-state index in [1.807, 2.05) is 18.2 Å². The summed E-state index contributed by atoms with van der Waals surface area (Å²) in [6, 6.07) is 10.2. The minimum Gasteiger partial charge on any atom is -0.399 e. The second-order valence-corrected chi connectivity index (χ2v) is 5.73. The van der Waals surface area contributed by atoms with E-state index >= 15 is 0 Å². The Kier molecular flexibility index (Phi) is 3.12. The van der Waals surface area contributed by atoms with E-state index in [-0.39, 0.29) is 5.82 Å². The van der Waals surface area contributed by atoms with Crippen LogP contribution < -0.4 is 5.73 Å². The van der Waals surface area contributed by atoms with Gasteiger partial charge in [0.25, 0.3) is 0 Å². The molecule has 1 aromatic heterocycles. The summed E-state index contributed by atoms with van der Waals surface area (Å²) in [7, 11) is 0. The standard InChI is InChI=1S/C14H10ClFN2S/c15-10-2-1-3-11(16)9(10)7-14-18-12-5-4-8(17)6-13(12)19-14/h1-6H,7,17H2. The quantitative estimate of drug-likeness (QED) is 0.717. The third-order valence-electron chi connectivity index (χ3n) is 2.85. The number of fused-ring (bicyclic) bond motifs is 1. The second kappa shape index (κ2) is 4.79. The van der Waals surface area contributed by atoms with Crippen LogP contribution >= 0.6 is 22.9 Å². The molecule has 0 amide bonds. The number of hydrogen-bond donors (Lipinski definition) is 1. The summed E-state index contributed by atoms with van der Waals surface area (Å²) in [6.45, 7) is 0. The Labute approximate surface area is 118 Å². The molecule has 0 fully saturated rings. The fraction of sp³-hybridized carbons (Fsp3) is 0.0714. The van der Waals surface area contributed by atoms with Crippen LogP contribution in [0.15, 0.2) is 36.4 Å². The number of thiazole rings is 1. The van der Waals surface area contributed by atoms with E-state index in [2.05, 4.69) is 4.98 Å². The highest BCUT2D eigenvalue weighted by molar-refractivity contribution is 7.18. The molecule has 3 aromatic rings. The van der Waals surface area contributed by atoms with E-state index in [0.717, 1.165) is 15.2 Å². The lowest BCUT2D eigenvalue weighted by Crippen LogP contribution is -1.93. The lowest BCUT2D eigenvalue weighted by molar-refractivity contribution is 0.614. The highest BCUT2D eigenvalue weighted by atomic mass is 35.5. The summed E-state index contributed by atoms with van der Waals surface area (Å²) in [6.07, 6.45) is 0.394. The zero-order valence-electron chi connectivity index (χ0n) is 9.86. The maximum Gasteiger partial charge on any atom is 0.128 e. The number of hydrogen-bond acceptors (Lipinski definition) is 3. The predicted molar refractivity (Wildman–Crippen MR) is 78.2 cm³/mol. The van der Waals surface area contributed by atoms with Crippen LogP contribution in [-0.2, 0) is 6.42 Å². The van der Waals surface area contributed by atoms with Crippen LogP contribution in [0.3, 0.4) is 0 Å². The minimum absolute atomic E-state index is 0.300. The van der Waals surface area contributed by atoms with Gasteiger partial charge in [-0.15, -0.1) is 11.3 Å². The van der Waals surface area contributed by atoms with Gasteiger partial charge in [0.15, 0.2) is 0 Å². The van der Waals surface area contributed by atoms with Crippen molar-refractivity contribution in [1.29, 1.82) is 0 Å². The van der Waals surface area contributed by atoms with Crippen LogP contribution in [0.2, 0.25) is 5.02 Å². The third kappa shape index (κ3) is 2.41. The molecule has 0 aliphatic heterocycles. The first-order valence-corrected chi connectivity index (χ1v) is 6.91. The lowest BCUT2D eigenvalue weighted by atomic mass is 10.1. The number of nitrogens with zero attached hydrogens (tertiary/aromatic N) is 1. The van der Waals surface area contributed by atoms with Crippen molar-refractivity contribution in [3.05, 3.63) is 57.8 Å². The topological polar surface area (TPSA) is 38.9 Å². The van der Waals surface area contributed by atoms with E-state index in [1.165, 1.54) is 17.4 Å². The van der Waals surface area contributed by atoms with Crippen molar-refractivity contribution in [3.8, 4) is 0 Å². The van der Waals surface area contributed by atoms with Gasteiger partial charge in [0.1, 0.15) is 5.82 Å². The monoisotopic (exact) mass is 292 g/mol. The van der Waals surface area contributed by atoms with Crippen LogP contribution in [0, 0.1) is 5.82 Å². The first-order chi connectivity index (χ1) is 9.13. The average Bonchev–Trinajstić information content (AvgIpc) is 2.75. The van der Waals surface area contributed by atoms with Crippen LogP contribution in [-0.4, -0.2) is 4.98 Å². The summed E-state index contributed by atoms with van der Waals surface area (Å²) in [5.41, 5.74) is 7.79. The molecule has 0 aliphatic carbocycles. The van der Waals surface area contributed by atoms with Gasteiger partial charge < -0.3 is 5.73 Å².